The maximum absolute atomic E-state index is 11.5. The zero-order chi connectivity index (χ0) is 23.3. The summed E-state index contributed by atoms with van der Waals surface area (Å²) in [5.41, 5.74) is 12.3. The van der Waals surface area contributed by atoms with Crippen molar-refractivity contribution in [1.82, 2.24) is 10.2 Å². The number of furan rings is 1. The van der Waals surface area contributed by atoms with Crippen molar-refractivity contribution >= 4 is 18.5 Å². The second kappa shape index (κ2) is 13.5. The predicted octanol–water partition coefficient (Wildman–Crippen LogP) is 1.83. The molecule has 1 aliphatic heterocycles. The summed E-state index contributed by atoms with van der Waals surface area (Å²) in [7, 11) is 1.34. The van der Waals surface area contributed by atoms with Gasteiger partial charge in [0.1, 0.15) is 24.0 Å². The molecular weight excluding hydrogens is 412 g/mol. The van der Waals surface area contributed by atoms with Gasteiger partial charge in [0.25, 0.3) is 0 Å². The Bertz CT molecular complexity index is 796. The second-order valence-corrected chi connectivity index (χ2v) is 7.71. The van der Waals surface area contributed by atoms with Crippen LogP contribution in [0.3, 0.4) is 0 Å². The number of unbranched alkanes of at least 4 members (excludes halogenated alkanes) is 1. The van der Waals surface area contributed by atoms with E-state index in [0.29, 0.717) is 24.9 Å². The number of likely N-dealkylation sites (tertiary alicyclic amines) is 1. The molecule has 10 nitrogen and oxygen atoms in total. The van der Waals surface area contributed by atoms with E-state index in [-0.39, 0.29) is 24.0 Å². The first-order valence-corrected chi connectivity index (χ1v) is 11.0. The van der Waals surface area contributed by atoms with Crippen molar-refractivity contribution in [2.24, 2.45) is 27.4 Å². The van der Waals surface area contributed by atoms with Gasteiger partial charge in [0.15, 0.2) is 5.82 Å². The molecule has 0 atom stereocenters. The van der Waals surface area contributed by atoms with E-state index in [0.717, 1.165) is 51.1 Å². The van der Waals surface area contributed by atoms with Gasteiger partial charge in [-0.1, -0.05) is 13.3 Å². The molecule has 2 rings (SSSR count). The number of piperidine rings is 1. The van der Waals surface area contributed by atoms with Crippen LogP contribution in [0.25, 0.3) is 0 Å². The number of carbonyl (C=O) groups excluding carboxylic acids is 1. The minimum Gasteiger partial charge on any atom is -0.463 e. The number of methoxy groups -OCH3 is 1. The molecule has 0 amide bonds. The number of carbonyl (C=O) groups is 1. The van der Waals surface area contributed by atoms with E-state index in [9.17, 15) is 4.79 Å². The van der Waals surface area contributed by atoms with Gasteiger partial charge in [0, 0.05) is 13.2 Å². The molecule has 1 aromatic heterocycles. The number of ether oxygens (including phenoxy) is 2. The van der Waals surface area contributed by atoms with Crippen LogP contribution >= 0.6 is 0 Å². The van der Waals surface area contributed by atoms with Crippen LogP contribution in [0, 0.1) is 5.92 Å². The SMILES string of the molecule is C=N/C(NCC1CCN(Cc2ccc(C(=O)OC)o2)CC1)=C(N)\C(N)=N/COCCCC. The predicted molar refractivity (Wildman–Crippen MR) is 124 cm³/mol. The average molecular weight is 449 g/mol. The number of esters is 1. The van der Waals surface area contributed by atoms with Crippen molar-refractivity contribution < 1.29 is 18.7 Å². The summed E-state index contributed by atoms with van der Waals surface area (Å²) >= 11 is 0. The Kier molecular flexibility index (Phi) is 10.8. The summed E-state index contributed by atoms with van der Waals surface area (Å²) in [5.74, 6) is 1.61. The molecule has 0 aliphatic carbocycles. The van der Waals surface area contributed by atoms with Gasteiger partial charge in [0.2, 0.25) is 5.76 Å². The molecule has 1 fully saturated rings. The molecule has 32 heavy (non-hydrogen) atoms. The van der Waals surface area contributed by atoms with Crippen LogP contribution < -0.4 is 16.8 Å². The fourth-order valence-electron chi connectivity index (χ4n) is 3.35. The van der Waals surface area contributed by atoms with Gasteiger partial charge in [-0.3, -0.25) is 4.90 Å². The normalized spacial score (nSPS) is 16.5. The highest BCUT2D eigenvalue weighted by Gasteiger charge is 2.21. The van der Waals surface area contributed by atoms with E-state index in [4.69, 9.17) is 20.6 Å². The molecule has 2 heterocycles. The lowest BCUT2D eigenvalue weighted by atomic mass is 9.96. The Hall–Kier alpha value is -2.85. The van der Waals surface area contributed by atoms with Gasteiger partial charge in [-0.25, -0.2) is 14.8 Å². The Labute approximate surface area is 189 Å². The summed E-state index contributed by atoms with van der Waals surface area (Å²) in [4.78, 5) is 21.9. The molecule has 178 valence electrons. The average Bonchev–Trinajstić information content (AvgIpc) is 3.28. The van der Waals surface area contributed by atoms with Crippen LogP contribution in [0.1, 0.15) is 48.9 Å². The van der Waals surface area contributed by atoms with Crippen LogP contribution in [0.5, 0.6) is 0 Å². The summed E-state index contributed by atoms with van der Waals surface area (Å²) in [6.07, 6.45) is 4.07. The van der Waals surface area contributed by atoms with Crippen LogP contribution in [0.15, 0.2) is 38.1 Å². The maximum Gasteiger partial charge on any atom is 0.373 e. The van der Waals surface area contributed by atoms with Gasteiger partial charge in [0.05, 0.1) is 13.7 Å². The highest BCUT2D eigenvalue weighted by molar-refractivity contribution is 5.96. The first-order chi connectivity index (χ1) is 15.5. The quantitative estimate of drug-likeness (QED) is 0.180. The number of nitrogens with zero attached hydrogens (tertiary/aromatic N) is 3. The number of rotatable bonds is 13. The molecule has 0 bridgehead atoms. The number of hydrogen-bond donors (Lipinski definition) is 3. The van der Waals surface area contributed by atoms with Crippen LogP contribution in [0.4, 0.5) is 0 Å². The zero-order valence-electron chi connectivity index (χ0n) is 19.1. The molecule has 1 saturated heterocycles. The Morgan fingerprint density at radius 1 is 1.34 bits per heavy atom. The fourth-order valence-corrected chi connectivity index (χ4v) is 3.35. The Balaban J connectivity index is 1.77. The van der Waals surface area contributed by atoms with E-state index in [1.165, 1.54) is 7.11 Å². The number of hydrogen-bond acceptors (Lipinski definition) is 9. The Morgan fingerprint density at radius 2 is 2.09 bits per heavy atom. The lowest BCUT2D eigenvalue weighted by Gasteiger charge is -2.31. The van der Waals surface area contributed by atoms with Gasteiger partial charge in [-0.15, -0.1) is 0 Å². The van der Waals surface area contributed by atoms with Crippen molar-refractivity contribution in [2.75, 3.05) is 40.1 Å². The van der Waals surface area contributed by atoms with Crippen LogP contribution in [0.2, 0.25) is 0 Å². The molecule has 0 unspecified atom stereocenters. The van der Waals surface area contributed by atoms with Crippen molar-refractivity contribution in [3.8, 4) is 0 Å². The van der Waals surface area contributed by atoms with Crippen LogP contribution in [-0.4, -0.2) is 63.5 Å². The van der Waals surface area contributed by atoms with Crippen LogP contribution in [-0.2, 0) is 16.0 Å². The van der Waals surface area contributed by atoms with Crippen molar-refractivity contribution in [3.63, 3.8) is 0 Å². The molecule has 1 aliphatic rings. The first kappa shape index (κ1) is 25.4. The molecular formula is C22H36N6O4. The zero-order valence-corrected chi connectivity index (χ0v) is 19.1. The number of amidine groups is 1. The third-order valence-electron chi connectivity index (χ3n) is 5.35. The molecule has 1 aromatic rings. The number of nitrogens with one attached hydrogen (secondary N) is 1. The third-order valence-corrected chi connectivity index (χ3v) is 5.35. The molecule has 5 N–H and O–H groups in total. The second-order valence-electron chi connectivity index (χ2n) is 7.71. The highest BCUT2D eigenvalue weighted by Crippen LogP contribution is 2.20. The molecule has 0 radical (unpaired) electrons. The van der Waals surface area contributed by atoms with Crippen molar-refractivity contribution in [3.05, 3.63) is 35.2 Å². The molecule has 0 saturated carbocycles. The summed E-state index contributed by atoms with van der Waals surface area (Å²) in [5, 5.41) is 3.25. The van der Waals surface area contributed by atoms with Gasteiger partial charge < -0.3 is 30.7 Å². The van der Waals surface area contributed by atoms with E-state index >= 15 is 0 Å². The maximum atomic E-state index is 11.5. The van der Waals surface area contributed by atoms with Gasteiger partial charge >= 0.3 is 5.97 Å². The minimum atomic E-state index is -0.463. The summed E-state index contributed by atoms with van der Waals surface area (Å²) < 4.78 is 15.6. The monoisotopic (exact) mass is 448 g/mol. The van der Waals surface area contributed by atoms with Crippen molar-refractivity contribution in [2.45, 2.75) is 39.2 Å². The highest BCUT2D eigenvalue weighted by atomic mass is 16.5. The molecule has 10 heteroatoms. The molecule has 0 aromatic carbocycles. The van der Waals surface area contributed by atoms with E-state index in [1.54, 1.807) is 6.07 Å². The van der Waals surface area contributed by atoms with Gasteiger partial charge in [-0.05, 0) is 57.1 Å². The smallest absolute Gasteiger partial charge is 0.373 e. The standard InChI is InChI=1S/C22H36N6O4/c1-4-5-12-31-15-27-20(24)19(23)21(25-2)26-13-16-8-10-28(11-9-16)14-17-6-7-18(32-17)22(29)30-3/h6-7,16,26H,2,4-5,8-15,23H2,1,3H3,(H2,24,27)/b21-19-. The largest absolute Gasteiger partial charge is 0.463 e. The third kappa shape index (κ3) is 8.01. The Morgan fingerprint density at radius 3 is 2.75 bits per heavy atom. The molecule has 0 spiro atoms. The number of nitrogens with two attached hydrogens (primary N) is 2. The van der Waals surface area contributed by atoms with Gasteiger partial charge in [-0.2, -0.15) is 0 Å². The lowest BCUT2D eigenvalue weighted by Crippen LogP contribution is -2.37. The van der Waals surface area contributed by atoms with E-state index in [1.807, 2.05) is 6.07 Å². The minimum absolute atomic E-state index is 0.173. The first-order valence-electron chi connectivity index (χ1n) is 11.0. The van der Waals surface area contributed by atoms with E-state index in [2.05, 4.69) is 38.6 Å². The summed E-state index contributed by atoms with van der Waals surface area (Å²) in [6, 6.07) is 3.46. The fraction of sp³-hybridized carbons (Fsp3) is 0.591. The van der Waals surface area contributed by atoms with Crippen molar-refractivity contribution in [1.29, 1.82) is 0 Å². The lowest BCUT2D eigenvalue weighted by molar-refractivity contribution is 0.0560. The van der Waals surface area contributed by atoms with E-state index < -0.39 is 5.97 Å². The summed E-state index contributed by atoms with van der Waals surface area (Å²) in [6.45, 7) is 9.73. The topological polar surface area (TPSA) is 141 Å². The number of aliphatic imine (C=N–C) groups is 2.